The molecule has 0 aromatic carbocycles. The summed E-state index contributed by atoms with van der Waals surface area (Å²) in [6.45, 7) is 8.12. The lowest BCUT2D eigenvalue weighted by molar-refractivity contribution is 0.213. The molecule has 1 aromatic rings. The number of hydrogen-bond donors (Lipinski definition) is 1. The van der Waals surface area contributed by atoms with Crippen LogP contribution in [0.1, 0.15) is 56.2 Å². The van der Waals surface area contributed by atoms with Crippen molar-refractivity contribution in [2.45, 2.75) is 65.3 Å². The summed E-state index contributed by atoms with van der Waals surface area (Å²) in [5, 5.41) is 3.79. The first kappa shape index (κ1) is 15.1. The first-order valence-corrected chi connectivity index (χ1v) is 8.85. The van der Waals surface area contributed by atoms with Crippen LogP contribution >= 0.6 is 11.3 Å². The molecule has 2 heteroatoms. The Kier molecular flexibility index (Phi) is 5.90. The summed E-state index contributed by atoms with van der Waals surface area (Å²) in [6, 6.07) is 5.43. The van der Waals surface area contributed by atoms with E-state index in [2.05, 4.69) is 38.2 Å². The average Bonchev–Trinajstić information content (AvgIpc) is 2.85. The highest BCUT2D eigenvalue weighted by molar-refractivity contribution is 7.11. The molecule has 1 aliphatic rings. The van der Waals surface area contributed by atoms with Gasteiger partial charge in [0.2, 0.25) is 0 Å². The zero-order valence-corrected chi connectivity index (χ0v) is 13.6. The van der Waals surface area contributed by atoms with Crippen LogP contribution in [0.15, 0.2) is 12.1 Å². The molecule has 108 valence electrons. The van der Waals surface area contributed by atoms with Gasteiger partial charge >= 0.3 is 0 Å². The number of hydrogen-bond acceptors (Lipinski definition) is 2. The Hall–Kier alpha value is -0.340. The number of thiophene rings is 1. The maximum atomic E-state index is 3.79. The van der Waals surface area contributed by atoms with Gasteiger partial charge in [0.05, 0.1) is 0 Å². The molecular formula is C17H29NS. The van der Waals surface area contributed by atoms with E-state index in [1.807, 2.05) is 11.3 Å². The maximum absolute atomic E-state index is 3.79. The van der Waals surface area contributed by atoms with E-state index in [9.17, 15) is 0 Å². The average molecular weight is 279 g/mol. The Balaban J connectivity index is 1.96. The molecule has 0 bridgehead atoms. The monoisotopic (exact) mass is 279 g/mol. The molecule has 0 spiro atoms. The van der Waals surface area contributed by atoms with Crippen LogP contribution in [0.2, 0.25) is 0 Å². The lowest BCUT2D eigenvalue weighted by Crippen LogP contribution is -2.41. The highest BCUT2D eigenvalue weighted by Gasteiger charge is 2.28. The van der Waals surface area contributed by atoms with Crippen LogP contribution in [-0.4, -0.2) is 12.6 Å². The molecule has 19 heavy (non-hydrogen) atoms. The van der Waals surface area contributed by atoms with Gasteiger partial charge < -0.3 is 5.32 Å². The minimum absolute atomic E-state index is 0.753. The zero-order chi connectivity index (χ0) is 13.7. The molecule has 0 saturated heterocycles. The number of aryl methyl sites for hydroxylation is 1. The van der Waals surface area contributed by atoms with Crippen LogP contribution in [0.25, 0.3) is 0 Å². The fourth-order valence-electron chi connectivity index (χ4n) is 3.30. The summed E-state index contributed by atoms with van der Waals surface area (Å²) >= 11 is 2.03. The fraction of sp³-hybridized carbons (Fsp3) is 0.765. The van der Waals surface area contributed by atoms with Crippen molar-refractivity contribution in [1.29, 1.82) is 0 Å². The third-order valence-corrected chi connectivity index (χ3v) is 5.68. The van der Waals surface area contributed by atoms with Gasteiger partial charge in [-0.05, 0) is 69.0 Å². The van der Waals surface area contributed by atoms with E-state index in [1.54, 1.807) is 4.88 Å². The van der Waals surface area contributed by atoms with Crippen molar-refractivity contribution in [2.24, 2.45) is 11.8 Å². The van der Waals surface area contributed by atoms with Gasteiger partial charge in [-0.1, -0.05) is 20.8 Å². The van der Waals surface area contributed by atoms with E-state index >= 15 is 0 Å². The molecule has 3 atom stereocenters. The Morgan fingerprint density at radius 3 is 2.68 bits per heavy atom. The molecule has 0 amide bonds. The number of nitrogens with one attached hydrogen (secondary N) is 1. The van der Waals surface area contributed by atoms with Crippen LogP contribution in [0, 0.1) is 11.8 Å². The maximum Gasteiger partial charge on any atom is 0.00989 e. The lowest BCUT2D eigenvalue weighted by Gasteiger charge is -2.35. The minimum atomic E-state index is 0.753. The van der Waals surface area contributed by atoms with E-state index in [1.165, 1.54) is 49.9 Å². The van der Waals surface area contributed by atoms with Gasteiger partial charge in [0.15, 0.2) is 0 Å². The quantitative estimate of drug-likeness (QED) is 0.798. The second-order valence-corrected chi connectivity index (χ2v) is 7.42. The first-order chi connectivity index (χ1) is 9.22. The van der Waals surface area contributed by atoms with Crippen LogP contribution in [0.3, 0.4) is 0 Å². The summed E-state index contributed by atoms with van der Waals surface area (Å²) in [7, 11) is 0. The Bertz CT molecular complexity index is 369. The molecule has 1 saturated carbocycles. The predicted octanol–water partition coefficient (Wildman–Crippen LogP) is 4.66. The Labute approximate surface area is 122 Å². The first-order valence-electron chi connectivity index (χ1n) is 8.03. The highest BCUT2D eigenvalue weighted by atomic mass is 32.1. The fourth-order valence-corrected chi connectivity index (χ4v) is 4.35. The van der Waals surface area contributed by atoms with E-state index < -0.39 is 0 Å². The second-order valence-electron chi connectivity index (χ2n) is 6.16. The van der Waals surface area contributed by atoms with Gasteiger partial charge in [-0.3, -0.25) is 0 Å². The van der Waals surface area contributed by atoms with Crippen molar-refractivity contribution in [3.8, 4) is 0 Å². The molecule has 1 aliphatic carbocycles. The number of rotatable bonds is 6. The van der Waals surface area contributed by atoms with Gasteiger partial charge in [0.1, 0.15) is 0 Å². The van der Waals surface area contributed by atoms with Crippen LogP contribution < -0.4 is 5.32 Å². The highest BCUT2D eigenvalue weighted by Crippen LogP contribution is 2.33. The second kappa shape index (κ2) is 7.44. The third kappa shape index (κ3) is 4.32. The Morgan fingerprint density at radius 2 is 2.00 bits per heavy atom. The minimum Gasteiger partial charge on any atom is -0.314 e. The van der Waals surface area contributed by atoms with Crippen molar-refractivity contribution in [3.63, 3.8) is 0 Å². The zero-order valence-electron chi connectivity index (χ0n) is 12.7. The van der Waals surface area contributed by atoms with E-state index in [0.29, 0.717) is 0 Å². The summed E-state index contributed by atoms with van der Waals surface area (Å²) in [6.07, 6.45) is 7.90. The van der Waals surface area contributed by atoms with Gasteiger partial charge in [-0.25, -0.2) is 0 Å². The summed E-state index contributed by atoms with van der Waals surface area (Å²) < 4.78 is 0. The molecule has 2 rings (SSSR count). The van der Waals surface area contributed by atoms with Gasteiger partial charge in [-0.2, -0.15) is 0 Å². The van der Waals surface area contributed by atoms with E-state index in [0.717, 1.165) is 17.9 Å². The molecule has 1 fully saturated rings. The molecular weight excluding hydrogens is 250 g/mol. The van der Waals surface area contributed by atoms with Gasteiger partial charge in [0, 0.05) is 15.8 Å². The van der Waals surface area contributed by atoms with Crippen molar-refractivity contribution < 1.29 is 0 Å². The molecule has 1 aromatic heterocycles. The van der Waals surface area contributed by atoms with Crippen LogP contribution in [-0.2, 0) is 12.8 Å². The topological polar surface area (TPSA) is 12.0 Å². The van der Waals surface area contributed by atoms with Gasteiger partial charge in [-0.15, -0.1) is 11.3 Å². The van der Waals surface area contributed by atoms with E-state index in [-0.39, 0.29) is 0 Å². The summed E-state index contributed by atoms with van der Waals surface area (Å²) in [5.41, 5.74) is 0. The summed E-state index contributed by atoms with van der Waals surface area (Å²) in [4.78, 5) is 3.14. The predicted molar refractivity (Wildman–Crippen MR) is 86.0 cm³/mol. The van der Waals surface area contributed by atoms with Crippen molar-refractivity contribution in [3.05, 3.63) is 21.9 Å². The van der Waals surface area contributed by atoms with E-state index in [4.69, 9.17) is 0 Å². The smallest absolute Gasteiger partial charge is 0.00989 e. The molecule has 0 aliphatic heterocycles. The molecule has 1 N–H and O–H groups in total. The van der Waals surface area contributed by atoms with Gasteiger partial charge in [0.25, 0.3) is 0 Å². The Morgan fingerprint density at radius 1 is 1.21 bits per heavy atom. The molecule has 1 heterocycles. The lowest BCUT2D eigenvalue weighted by atomic mass is 9.77. The normalized spacial score (nSPS) is 27.6. The summed E-state index contributed by atoms with van der Waals surface area (Å²) in [5.74, 6) is 1.76. The molecule has 1 nitrogen and oxygen atoms in total. The van der Waals surface area contributed by atoms with Crippen molar-refractivity contribution in [1.82, 2.24) is 5.32 Å². The molecule has 0 radical (unpaired) electrons. The standard InChI is InChI=1S/C17H29NS/c1-4-10-18-17-9-6-13(3)11-14(17)12-16-8-7-15(5-2)19-16/h7-8,13-14,17-18H,4-6,9-12H2,1-3H3. The van der Waals surface area contributed by atoms with Crippen molar-refractivity contribution >= 4 is 11.3 Å². The largest absolute Gasteiger partial charge is 0.314 e. The molecule has 3 unspecified atom stereocenters. The third-order valence-electron chi connectivity index (χ3n) is 4.43. The van der Waals surface area contributed by atoms with Crippen LogP contribution in [0.5, 0.6) is 0 Å². The SMILES string of the molecule is CCCNC1CCC(C)CC1Cc1ccc(CC)s1. The van der Waals surface area contributed by atoms with Crippen LogP contribution in [0.4, 0.5) is 0 Å². The van der Waals surface area contributed by atoms with Crippen molar-refractivity contribution in [2.75, 3.05) is 6.54 Å².